The number of hydrogen-bond donors (Lipinski definition) is 1. The van der Waals surface area contributed by atoms with Gasteiger partial charge in [-0.1, -0.05) is 18.1 Å². The third-order valence-corrected chi connectivity index (χ3v) is 2.14. The average molecular weight is 211 g/mol. The van der Waals surface area contributed by atoms with E-state index in [-0.39, 0.29) is 6.42 Å². The second kappa shape index (κ2) is 7.10. The van der Waals surface area contributed by atoms with Gasteiger partial charge in [-0.2, -0.15) is 0 Å². The van der Waals surface area contributed by atoms with E-state index in [2.05, 4.69) is 20.0 Å². The molecule has 0 aromatic heterocycles. The zero-order valence-corrected chi connectivity index (χ0v) is 10.1. The molecule has 0 saturated heterocycles. The van der Waals surface area contributed by atoms with E-state index in [4.69, 9.17) is 5.11 Å². The molecule has 0 radical (unpaired) electrons. The Kier molecular flexibility index (Phi) is 6.50. The Labute approximate surface area is 92.1 Å². The van der Waals surface area contributed by atoms with Crippen molar-refractivity contribution >= 4 is 5.97 Å². The first-order chi connectivity index (χ1) is 6.95. The van der Waals surface area contributed by atoms with Crippen LogP contribution in [0.2, 0.25) is 0 Å². The average Bonchev–Trinajstić information content (AvgIpc) is 2.14. The van der Waals surface area contributed by atoms with Gasteiger partial charge in [-0.3, -0.25) is 4.79 Å². The van der Waals surface area contributed by atoms with Crippen LogP contribution in [0.3, 0.4) is 0 Å². The number of nitrogens with zero attached hydrogens (tertiary/aromatic N) is 1. The van der Waals surface area contributed by atoms with E-state index < -0.39 is 5.97 Å². The van der Waals surface area contributed by atoms with Gasteiger partial charge in [0.05, 0.1) is 0 Å². The van der Waals surface area contributed by atoms with E-state index in [9.17, 15) is 4.79 Å². The molecule has 0 aliphatic carbocycles. The second-order valence-corrected chi connectivity index (χ2v) is 3.86. The summed E-state index contributed by atoms with van der Waals surface area (Å²) in [5.74, 6) is -0.745. The molecule has 0 atom stereocenters. The zero-order chi connectivity index (χ0) is 11.8. The summed E-state index contributed by atoms with van der Waals surface area (Å²) in [6.07, 6.45) is 5.88. The van der Waals surface area contributed by atoms with Crippen molar-refractivity contribution in [1.82, 2.24) is 4.90 Å². The van der Waals surface area contributed by atoms with Gasteiger partial charge in [0, 0.05) is 25.9 Å². The van der Waals surface area contributed by atoms with E-state index in [1.165, 1.54) is 5.57 Å². The number of aliphatic carboxylic acids is 1. The number of carboxylic acid groups (broad SMARTS) is 1. The van der Waals surface area contributed by atoms with Crippen LogP contribution in [0.25, 0.3) is 0 Å². The van der Waals surface area contributed by atoms with Gasteiger partial charge in [0.2, 0.25) is 0 Å². The molecule has 0 unspecified atom stereocenters. The lowest BCUT2D eigenvalue weighted by molar-refractivity contribution is -0.136. The van der Waals surface area contributed by atoms with Crippen LogP contribution >= 0.6 is 0 Å². The molecular weight excluding hydrogens is 190 g/mol. The van der Waals surface area contributed by atoms with Crippen molar-refractivity contribution in [2.75, 3.05) is 7.05 Å². The Morgan fingerprint density at radius 1 is 1.20 bits per heavy atom. The van der Waals surface area contributed by atoms with Crippen molar-refractivity contribution in [3.63, 3.8) is 0 Å². The van der Waals surface area contributed by atoms with Gasteiger partial charge in [-0.25, -0.2) is 0 Å². The molecule has 0 amide bonds. The van der Waals surface area contributed by atoms with Crippen molar-refractivity contribution < 1.29 is 9.90 Å². The maximum Gasteiger partial charge on any atom is 0.303 e. The predicted octanol–water partition coefficient (Wildman–Crippen LogP) is 3.00. The Balaban J connectivity index is 4.16. The molecule has 3 heteroatoms. The first kappa shape index (κ1) is 13.8. The summed E-state index contributed by atoms with van der Waals surface area (Å²) in [6, 6.07) is 0. The largest absolute Gasteiger partial charge is 0.481 e. The van der Waals surface area contributed by atoms with Gasteiger partial charge in [-0.15, -0.1) is 0 Å². The summed E-state index contributed by atoms with van der Waals surface area (Å²) in [6.45, 7) is 6.14. The smallest absolute Gasteiger partial charge is 0.303 e. The number of carbonyl (C=O) groups is 1. The molecule has 3 nitrogen and oxygen atoms in total. The van der Waals surface area contributed by atoms with Gasteiger partial charge in [0.1, 0.15) is 0 Å². The number of hydrogen-bond acceptors (Lipinski definition) is 2. The van der Waals surface area contributed by atoms with Gasteiger partial charge < -0.3 is 10.0 Å². The summed E-state index contributed by atoms with van der Waals surface area (Å²) in [4.78, 5) is 12.3. The van der Waals surface area contributed by atoms with Crippen molar-refractivity contribution in [1.29, 1.82) is 0 Å². The monoisotopic (exact) mass is 211 g/mol. The lowest BCUT2D eigenvalue weighted by Crippen LogP contribution is -2.03. The summed E-state index contributed by atoms with van der Waals surface area (Å²) in [5.41, 5.74) is 2.39. The minimum absolute atomic E-state index is 0.201. The molecule has 15 heavy (non-hydrogen) atoms. The summed E-state index contributed by atoms with van der Waals surface area (Å²) >= 11 is 0. The first-order valence-corrected chi connectivity index (χ1v) is 5.24. The lowest BCUT2D eigenvalue weighted by atomic mass is 10.2. The van der Waals surface area contributed by atoms with Crippen LogP contribution in [-0.4, -0.2) is 23.0 Å². The van der Waals surface area contributed by atoms with Crippen LogP contribution in [-0.2, 0) is 4.79 Å². The molecule has 0 fully saturated rings. The summed E-state index contributed by atoms with van der Waals surface area (Å²) < 4.78 is 0. The minimum atomic E-state index is -0.745. The van der Waals surface area contributed by atoms with Gasteiger partial charge >= 0.3 is 5.97 Å². The van der Waals surface area contributed by atoms with E-state index in [0.717, 1.165) is 12.0 Å². The van der Waals surface area contributed by atoms with Crippen molar-refractivity contribution in [2.45, 2.75) is 40.0 Å². The van der Waals surface area contributed by atoms with E-state index in [1.807, 2.05) is 25.1 Å². The topological polar surface area (TPSA) is 40.5 Å². The first-order valence-electron chi connectivity index (χ1n) is 5.24. The van der Waals surface area contributed by atoms with E-state index in [0.29, 0.717) is 6.42 Å². The number of carboxylic acids is 1. The molecule has 86 valence electrons. The SMILES string of the molecule is CC/C(C)=C\N(C)/C=C(\C)CCC(=O)O. The highest BCUT2D eigenvalue weighted by Gasteiger charge is 1.98. The molecular formula is C12H21NO2. The molecule has 0 spiro atoms. The third kappa shape index (κ3) is 7.79. The van der Waals surface area contributed by atoms with Crippen LogP contribution < -0.4 is 0 Å². The molecule has 0 saturated carbocycles. The second-order valence-electron chi connectivity index (χ2n) is 3.86. The van der Waals surface area contributed by atoms with Crippen molar-refractivity contribution in [2.24, 2.45) is 0 Å². The highest BCUT2D eigenvalue weighted by atomic mass is 16.4. The molecule has 0 rings (SSSR count). The fourth-order valence-corrected chi connectivity index (χ4v) is 1.19. The van der Waals surface area contributed by atoms with Crippen molar-refractivity contribution in [3.8, 4) is 0 Å². The van der Waals surface area contributed by atoms with Crippen LogP contribution in [0.4, 0.5) is 0 Å². The maximum atomic E-state index is 10.4. The molecule has 0 aliphatic heterocycles. The third-order valence-electron chi connectivity index (χ3n) is 2.14. The van der Waals surface area contributed by atoms with Gasteiger partial charge in [-0.05, 0) is 26.7 Å². The number of allylic oxidation sites excluding steroid dienone is 2. The van der Waals surface area contributed by atoms with E-state index >= 15 is 0 Å². The van der Waals surface area contributed by atoms with Crippen molar-refractivity contribution in [3.05, 3.63) is 23.5 Å². The lowest BCUT2D eigenvalue weighted by Gasteiger charge is -2.11. The number of rotatable bonds is 6. The Bertz CT molecular complexity index is 267. The molecule has 1 N–H and O–H groups in total. The van der Waals surface area contributed by atoms with E-state index in [1.54, 1.807) is 0 Å². The molecule has 0 heterocycles. The Morgan fingerprint density at radius 2 is 1.73 bits per heavy atom. The summed E-state index contributed by atoms with van der Waals surface area (Å²) in [5, 5.41) is 8.53. The summed E-state index contributed by atoms with van der Waals surface area (Å²) in [7, 11) is 1.96. The van der Waals surface area contributed by atoms with Crippen LogP contribution in [0, 0.1) is 0 Å². The standard InChI is InChI=1S/C12H21NO2/c1-5-10(2)8-13(4)9-11(3)6-7-12(14)15/h8-9H,5-7H2,1-4H3,(H,14,15)/b10-8-,11-9+. The molecule has 0 bridgehead atoms. The molecule has 0 aromatic carbocycles. The normalized spacial score (nSPS) is 12.8. The van der Waals surface area contributed by atoms with Crippen LogP contribution in [0.15, 0.2) is 23.5 Å². The highest BCUT2D eigenvalue weighted by molar-refractivity contribution is 5.66. The molecule has 0 aromatic rings. The fraction of sp³-hybridized carbons (Fsp3) is 0.583. The highest BCUT2D eigenvalue weighted by Crippen LogP contribution is 2.07. The zero-order valence-electron chi connectivity index (χ0n) is 10.1. The fourth-order valence-electron chi connectivity index (χ4n) is 1.19. The van der Waals surface area contributed by atoms with Crippen LogP contribution in [0.5, 0.6) is 0 Å². The maximum absolute atomic E-state index is 10.4. The Hall–Kier alpha value is -1.25. The Morgan fingerprint density at radius 3 is 2.20 bits per heavy atom. The predicted molar refractivity (Wildman–Crippen MR) is 62.4 cm³/mol. The van der Waals surface area contributed by atoms with Gasteiger partial charge in [0.15, 0.2) is 0 Å². The van der Waals surface area contributed by atoms with Gasteiger partial charge in [0.25, 0.3) is 0 Å². The quantitative estimate of drug-likeness (QED) is 0.734. The molecule has 0 aliphatic rings. The van der Waals surface area contributed by atoms with Crippen LogP contribution in [0.1, 0.15) is 40.0 Å². The minimum Gasteiger partial charge on any atom is -0.481 e.